The number of benzene rings is 2. The van der Waals surface area contributed by atoms with Gasteiger partial charge < -0.3 is 4.74 Å². The van der Waals surface area contributed by atoms with Crippen LogP contribution in [0, 0.1) is 5.82 Å². The van der Waals surface area contributed by atoms with Gasteiger partial charge in [0.25, 0.3) is 0 Å². The van der Waals surface area contributed by atoms with E-state index in [9.17, 15) is 22.4 Å². The number of aryl methyl sites for hydroxylation is 1. The molecule has 36 heavy (non-hydrogen) atoms. The maximum atomic E-state index is 13.9. The Balaban J connectivity index is 1.57. The highest BCUT2D eigenvalue weighted by molar-refractivity contribution is 5.77. The van der Waals surface area contributed by atoms with Crippen molar-refractivity contribution in [3.8, 4) is 11.7 Å². The fraction of sp³-hybridized carbons (Fsp3) is 0.250. The van der Waals surface area contributed by atoms with Crippen LogP contribution < -0.4 is 10.4 Å². The number of nitrogens with zero attached hydrogens (tertiary/aromatic N) is 6. The zero-order valence-corrected chi connectivity index (χ0v) is 18.6. The summed E-state index contributed by atoms with van der Waals surface area (Å²) in [6, 6.07) is 10.8. The fourth-order valence-electron chi connectivity index (χ4n) is 4.63. The number of rotatable bonds is 4. The lowest BCUT2D eigenvalue weighted by Crippen LogP contribution is -2.31. The van der Waals surface area contributed by atoms with Crippen LogP contribution in [-0.2, 0) is 6.54 Å². The van der Waals surface area contributed by atoms with Crippen LogP contribution in [0.5, 0.6) is 5.75 Å². The molecule has 6 rings (SSSR count). The SMILES string of the molecule is O=c1n(CCC(F)(F)F)c2cnc(-n3cnc4ccc(F)cc43)nc2n1[C@H]1CCOc2ccccc21. The van der Waals surface area contributed by atoms with Gasteiger partial charge in [0.15, 0.2) is 5.65 Å². The van der Waals surface area contributed by atoms with Gasteiger partial charge in [-0.05, 0) is 18.2 Å². The molecule has 8 nitrogen and oxygen atoms in total. The number of hydrogen-bond acceptors (Lipinski definition) is 5. The molecule has 0 saturated carbocycles. The molecule has 1 atom stereocenters. The zero-order valence-electron chi connectivity index (χ0n) is 18.6. The molecule has 1 aliphatic rings. The van der Waals surface area contributed by atoms with Gasteiger partial charge in [0.2, 0.25) is 5.95 Å². The molecule has 5 aromatic rings. The maximum Gasteiger partial charge on any atom is 0.390 e. The van der Waals surface area contributed by atoms with Crippen molar-refractivity contribution in [2.75, 3.05) is 6.61 Å². The highest BCUT2D eigenvalue weighted by Gasteiger charge is 2.31. The summed E-state index contributed by atoms with van der Waals surface area (Å²) in [6.07, 6.45) is -2.45. The second-order valence-electron chi connectivity index (χ2n) is 8.49. The van der Waals surface area contributed by atoms with Crippen molar-refractivity contribution < 1.29 is 22.3 Å². The van der Waals surface area contributed by atoms with Crippen molar-refractivity contribution >= 4 is 22.2 Å². The van der Waals surface area contributed by atoms with E-state index in [2.05, 4.69) is 15.0 Å². The summed E-state index contributed by atoms with van der Waals surface area (Å²) >= 11 is 0. The highest BCUT2D eigenvalue weighted by Crippen LogP contribution is 2.35. The molecule has 3 aromatic heterocycles. The monoisotopic (exact) mass is 498 g/mol. The first-order valence-electron chi connectivity index (χ1n) is 11.2. The molecule has 0 radical (unpaired) electrons. The Bertz CT molecular complexity index is 1670. The van der Waals surface area contributed by atoms with Crippen LogP contribution in [0.25, 0.3) is 28.1 Å². The van der Waals surface area contributed by atoms with Gasteiger partial charge in [-0.3, -0.25) is 13.7 Å². The first-order valence-corrected chi connectivity index (χ1v) is 11.2. The third kappa shape index (κ3) is 3.69. The fourth-order valence-corrected chi connectivity index (χ4v) is 4.63. The van der Waals surface area contributed by atoms with Crippen molar-refractivity contribution in [1.82, 2.24) is 28.7 Å². The van der Waals surface area contributed by atoms with E-state index < -0.39 is 36.7 Å². The van der Waals surface area contributed by atoms with Crippen LogP contribution >= 0.6 is 0 Å². The second kappa shape index (κ2) is 8.18. The van der Waals surface area contributed by atoms with Gasteiger partial charge in [0, 0.05) is 24.6 Å². The van der Waals surface area contributed by atoms with E-state index in [0.717, 1.165) is 10.1 Å². The maximum absolute atomic E-state index is 13.9. The van der Waals surface area contributed by atoms with Crippen molar-refractivity contribution in [3.63, 3.8) is 0 Å². The largest absolute Gasteiger partial charge is 0.493 e. The molecule has 0 unspecified atom stereocenters. The summed E-state index contributed by atoms with van der Waals surface area (Å²) in [4.78, 5) is 26.7. The van der Waals surface area contributed by atoms with E-state index in [4.69, 9.17) is 4.74 Å². The Morgan fingerprint density at radius 2 is 1.92 bits per heavy atom. The van der Waals surface area contributed by atoms with Crippen LogP contribution in [0.1, 0.15) is 24.4 Å². The van der Waals surface area contributed by atoms with Gasteiger partial charge in [-0.15, -0.1) is 0 Å². The Morgan fingerprint density at radius 1 is 1.08 bits per heavy atom. The van der Waals surface area contributed by atoms with Gasteiger partial charge in [-0.25, -0.2) is 19.2 Å². The first-order chi connectivity index (χ1) is 17.3. The molecule has 4 heterocycles. The quantitative estimate of drug-likeness (QED) is 0.344. The topological polar surface area (TPSA) is 79.8 Å². The van der Waals surface area contributed by atoms with E-state index in [-0.39, 0.29) is 17.1 Å². The van der Waals surface area contributed by atoms with Gasteiger partial charge in [0.05, 0.1) is 36.3 Å². The Morgan fingerprint density at radius 3 is 2.75 bits per heavy atom. The van der Waals surface area contributed by atoms with E-state index in [0.29, 0.717) is 29.8 Å². The number of imidazole rings is 2. The van der Waals surface area contributed by atoms with E-state index in [1.807, 2.05) is 6.07 Å². The summed E-state index contributed by atoms with van der Waals surface area (Å²) in [5, 5.41) is 0. The van der Waals surface area contributed by atoms with Gasteiger partial charge in [-0.2, -0.15) is 18.2 Å². The van der Waals surface area contributed by atoms with Crippen LogP contribution in [0.2, 0.25) is 0 Å². The van der Waals surface area contributed by atoms with E-state index in [1.54, 1.807) is 18.2 Å². The number of halogens is 4. The molecule has 0 amide bonds. The van der Waals surface area contributed by atoms with Crippen LogP contribution in [0.3, 0.4) is 0 Å². The number of aromatic nitrogens is 6. The number of para-hydroxylation sites is 1. The molecular weight excluding hydrogens is 480 g/mol. The standard InChI is InChI=1S/C24H18F4N6O2/c25-14-5-6-16-18(11-14)33(13-30-16)22-29-12-19-21(31-22)34(23(35)32(19)9-8-24(26,27)28)17-7-10-36-20-4-2-1-3-15(17)20/h1-6,11-13,17H,7-10H2/t17-/m0/s1. The molecule has 0 bridgehead atoms. The van der Waals surface area contributed by atoms with Crippen LogP contribution in [0.4, 0.5) is 17.6 Å². The average molecular weight is 498 g/mol. The second-order valence-corrected chi connectivity index (χ2v) is 8.49. The predicted octanol–water partition coefficient (Wildman–Crippen LogP) is 4.40. The Labute approximate surface area is 200 Å². The minimum Gasteiger partial charge on any atom is -0.493 e. The smallest absolute Gasteiger partial charge is 0.390 e. The lowest BCUT2D eigenvalue weighted by molar-refractivity contribution is -0.136. The van der Waals surface area contributed by atoms with Gasteiger partial charge in [-0.1, -0.05) is 18.2 Å². The minimum absolute atomic E-state index is 0.109. The van der Waals surface area contributed by atoms with Crippen molar-refractivity contribution in [1.29, 1.82) is 0 Å². The third-order valence-corrected chi connectivity index (χ3v) is 6.28. The van der Waals surface area contributed by atoms with Crippen molar-refractivity contribution in [3.05, 3.63) is 76.9 Å². The van der Waals surface area contributed by atoms with Crippen LogP contribution in [-0.4, -0.2) is 41.4 Å². The molecule has 0 N–H and O–H groups in total. The lowest BCUT2D eigenvalue weighted by atomic mass is 10.0. The Kier molecular flexibility index (Phi) is 5.06. The number of hydrogen-bond donors (Lipinski definition) is 0. The third-order valence-electron chi connectivity index (χ3n) is 6.28. The van der Waals surface area contributed by atoms with Crippen molar-refractivity contribution in [2.45, 2.75) is 31.6 Å². The lowest BCUT2D eigenvalue weighted by Gasteiger charge is -2.26. The molecule has 12 heteroatoms. The van der Waals surface area contributed by atoms with Crippen LogP contribution in [0.15, 0.2) is 59.8 Å². The first kappa shape index (κ1) is 22.3. The number of fused-ring (bicyclic) bond motifs is 3. The highest BCUT2D eigenvalue weighted by atomic mass is 19.4. The normalized spacial score (nSPS) is 15.8. The summed E-state index contributed by atoms with van der Waals surface area (Å²) < 4.78 is 62.7. The average Bonchev–Trinajstić information content (AvgIpc) is 3.39. The summed E-state index contributed by atoms with van der Waals surface area (Å²) in [7, 11) is 0. The Hall–Kier alpha value is -4.22. The summed E-state index contributed by atoms with van der Waals surface area (Å²) in [5.41, 5.74) is 1.38. The molecule has 0 saturated heterocycles. The summed E-state index contributed by atoms with van der Waals surface area (Å²) in [5.74, 6) is 0.235. The number of alkyl halides is 3. The molecule has 0 aliphatic carbocycles. The predicted molar refractivity (Wildman–Crippen MR) is 122 cm³/mol. The van der Waals surface area contributed by atoms with Gasteiger partial charge >= 0.3 is 11.9 Å². The van der Waals surface area contributed by atoms with E-state index in [1.165, 1.54) is 39.9 Å². The molecular formula is C24H18F4N6O2. The summed E-state index contributed by atoms with van der Waals surface area (Å²) in [6.45, 7) is -0.245. The molecule has 0 spiro atoms. The van der Waals surface area contributed by atoms with Gasteiger partial charge in [0.1, 0.15) is 23.4 Å². The number of ether oxygens (including phenoxy) is 1. The minimum atomic E-state index is -4.44. The van der Waals surface area contributed by atoms with E-state index >= 15 is 0 Å². The molecule has 2 aromatic carbocycles. The molecule has 1 aliphatic heterocycles. The zero-order chi connectivity index (χ0) is 25.0. The molecule has 184 valence electrons. The molecule has 0 fully saturated rings. The van der Waals surface area contributed by atoms with Crippen molar-refractivity contribution in [2.24, 2.45) is 0 Å².